The molecule has 1 amide bonds. The van der Waals surface area contributed by atoms with Gasteiger partial charge in [-0.05, 0) is 12.5 Å². The van der Waals surface area contributed by atoms with Crippen molar-refractivity contribution in [3.63, 3.8) is 0 Å². The van der Waals surface area contributed by atoms with Crippen molar-refractivity contribution in [3.05, 3.63) is 58.5 Å². The van der Waals surface area contributed by atoms with Gasteiger partial charge in [0.25, 0.3) is 5.56 Å². The molecule has 22 heavy (non-hydrogen) atoms. The van der Waals surface area contributed by atoms with E-state index in [-0.39, 0.29) is 23.4 Å². The fourth-order valence-electron chi connectivity index (χ4n) is 2.47. The van der Waals surface area contributed by atoms with E-state index >= 15 is 0 Å². The van der Waals surface area contributed by atoms with Crippen molar-refractivity contribution in [2.24, 2.45) is 5.92 Å². The topological polar surface area (TPSA) is 64.0 Å². The first-order chi connectivity index (χ1) is 10.6. The van der Waals surface area contributed by atoms with Gasteiger partial charge in [0.05, 0.1) is 12.0 Å². The van der Waals surface area contributed by atoms with Crippen LogP contribution in [0.2, 0.25) is 0 Å². The molecule has 0 fully saturated rings. The lowest BCUT2D eigenvalue weighted by molar-refractivity contribution is -0.125. The fraction of sp³-hybridized carbons (Fsp3) is 0.312. The molecule has 5 nitrogen and oxygen atoms in total. The molecule has 1 aromatic heterocycles. The number of nitrogens with zero attached hydrogens (tertiary/aromatic N) is 2. The zero-order valence-corrected chi connectivity index (χ0v) is 13.0. The Morgan fingerprint density at radius 2 is 2.14 bits per heavy atom. The summed E-state index contributed by atoms with van der Waals surface area (Å²) in [6, 6.07) is 11.2. The van der Waals surface area contributed by atoms with Crippen LogP contribution in [0.3, 0.4) is 0 Å². The molecule has 0 saturated heterocycles. The first-order valence-corrected chi connectivity index (χ1v) is 8.17. The Morgan fingerprint density at radius 1 is 1.36 bits per heavy atom. The summed E-state index contributed by atoms with van der Waals surface area (Å²) in [6.07, 6.45) is 1.51. The molecule has 2 atom stereocenters. The van der Waals surface area contributed by atoms with Gasteiger partial charge < -0.3 is 5.32 Å². The van der Waals surface area contributed by atoms with Crippen molar-refractivity contribution >= 4 is 17.7 Å². The Labute approximate surface area is 132 Å². The van der Waals surface area contributed by atoms with Gasteiger partial charge in [0, 0.05) is 24.6 Å². The SMILES string of the molecule is CC(NC(=O)C1CSc2nccc(=O)n2C1)c1ccccc1. The second-order valence-electron chi connectivity index (χ2n) is 5.33. The number of nitrogens with one attached hydrogen (secondary N) is 1. The van der Waals surface area contributed by atoms with Gasteiger partial charge >= 0.3 is 0 Å². The highest BCUT2D eigenvalue weighted by molar-refractivity contribution is 7.99. The third-order valence-electron chi connectivity index (χ3n) is 3.74. The van der Waals surface area contributed by atoms with E-state index in [1.54, 1.807) is 4.57 Å². The van der Waals surface area contributed by atoms with Crippen molar-refractivity contribution in [1.82, 2.24) is 14.9 Å². The zero-order chi connectivity index (χ0) is 15.5. The Balaban J connectivity index is 1.69. The Morgan fingerprint density at radius 3 is 2.91 bits per heavy atom. The van der Waals surface area contributed by atoms with Gasteiger partial charge in [-0.2, -0.15) is 0 Å². The highest BCUT2D eigenvalue weighted by atomic mass is 32.2. The van der Waals surface area contributed by atoms with Gasteiger partial charge in [-0.3, -0.25) is 14.2 Å². The van der Waals surface area contributed by atoms with E-state index in [1.165, 1.54) is 24.0 Å². The maximum atomic E-state index is 12.4. The maximum Gasteiger partial charge on any atom is 0.254 e. The first-order valence-electron chi connectivity index (χ1n) is 7.19. The standard InChI is InChI=1S/C16H17N3O2S/c1-11(12-5-3-2-4-6-12)18-15(21)13-9-19-14(20)7-8-17-16(19)22-10-13/h2-8,11,13H,9-10H2,1H3,(H,18,21). The number of carbonyl (C=O) groups is 1. The maximum absolute atomic E-state index is 12.4. The van der Waals surface area contributed by atoms with Gasteiger partial charge in [-0.15, -0.1) is 0 Å². The van der Waals surface area contributed by atoms with Crippen molar-refractivity contribution in [2.75, 3.05) is 5.75 Å². The Hall–Kier alpha value is -2.08. The summed E-state index contributed by atoms with van der Waals surface area (Å²) in [7, 11) is 0. The number of carbonyl (C=O) groups excluding carboxylic acids is 1. The molecule has 0 spiro atoms. The fourth-order valence-corrected chi connectivity index (χ4v) is 3.53. The average molecular weight is 315 g/mol. The third kappa shape index (κ3) is 3.06. The lowest BCUT2D eigenvalue weighted by Gasteiger charge is -2.25. The van der Waals surface area contributed by atoms with Crippen LogP contribution in [0.5, 0.6) is 0 Å². The molecule has 0 radical (unpaired) electrons. The second-order valence-corrected chi connectivity index (χ2v) is 6.31. The average Bonchev–Trinajstić information content (AvgIpc) is 2.55. The second kappa shape index (κ2) is 6.36. The largest absolute Gasteiger partial charge is 0.349 e. The molecule has 2 heterocycles. The molecular formula is C16H17N3O2S. The van der Waals surface area contributed by atoms with E-state index in [4.69, 9.17) is 0 Å². The third-order valence-corrected chi connectivity index (χ3v) is 4.90. The van der Waals surface area contributed by atoms with Crippen molar-refractivity contribution in [1.29, 1.82) is 0 Å². The van der Waals surface area contributed by atoms with Gasteiger partial charge in [-0.1, -0.05) is 42.1 Å². The van der Waals surface area contributed by atoms with Gasteiger partial charge in [0.15, 0.2) is 5.16 Å². The molecule has 114 valence electrons. The molecule has 2 unspecified atom stereocenters. The number of hydrogen-bond donors (Lipinski definition) is 1. The van der Waals surface area contributed by atoms with Gasteiger partial charge in [0.1, 0.15) is 0 Å². The summed E-state index contributed by atoms with van der Waals surface area (Å²) >= 11 is 1.45. The first kappa shape index (κ1) is 14.8. The minimum Gasteiger partial charge on any atom is -0.349 e. The molecule has 0 bridgehead atoms. The predicted molar refractivity (Wildman–Crippen MR) is 85.7 cm³/mol. The van der Waals surface area contributed by atoms with Crippen molar-refractivity contribution in [3.8, 4) is 0 Å². The van der Waals surface area contributed by atoms with E-state index in [2.05, 4.69) is 10.3 Å². The molecule has 1 aliphatic heterocycles. The molecule has 0 saturated carbocycles. The highest BCUT2D eigenvalue weighted by Crippen LogP contribution is 2.25. The van der Waals surface area contributed by atoms with Crippen LogP contribution in [-0.2, 0) is 11.3 Å². The van der Waals surface area contributed by atoms with Gasteiger partial charge in [-0.25, -0.2) is 4.98 Å². The van der Waals surface area contributed by atoms with Crippen LogP contribution in [0.1, 0.15) is 18.5 Å². The molecule has 0 aliphatic carbocycles. The van der Waals surface area contributed by atoms with Crippen molar-refractivity contribution in [2.45, 2.75) is 24.7 Å². The minimum atomic E-state index is -0.217. The molecule has 1 aliphatic rings. The quantitative estimate of drug-likeness (QED) is 0.878. The Bertz CT molecular complexity index is 730. The van der Waals surface area contributed by atoms with Crippen LogP contribution >= 0.6 is 11.8 Å². The van der Waals surface area contributed by atoms with E-state index < -0.39 is 0 Å². The molecule has 3 rings (SSSR count). The number of fused-ring (bicyclic) bond motifs is 1. The van der Waals surface area contributed by atoms with Crippen LogP contribution in [-0.4, -0.2) is 21.2 Å². The van der Waals surface area contributed by atoms with Crippen LogP contribution < -0.4 is 10.9 Å². The van der Waals surface area contributed by atoms with Crippen LogP contribution in [0, 0.1) is 5.92 Å². The van der Waals surface area contributed by atoms with Crippen LogP contribution in [0.4, 0.5) is 0 Å². The summed E-state index contributed by atoms with van der Waals surface area (Å²) in [5, 5.41) is 3.72. The molecule has 2 aromatic rings. The van der Waals surface area contributed by atoms with Crippen molar-refractivity contribution < 1.29 is 4.79 Å². The smallest absolute Gasteiger partial charge is 0.254 e. The number of amides is 1. The lowest BCUT2D eigenvalue weighted by atomic mass is 10.1. The number of benzene rings is 1. The summed E-state index contributed by atoms with van der Waals surface area (Å²) in [4.78, 5) is 28.5. The number of hydrogen-bond acceptors (Lipinski definition) is 4. The molecule has 6 heteroatoms. The van der Waals surface area contributed by atoms with Crippen LogP contribution in [0.15, 0.2) is 52.5 Å². The number of thioether (sulfide) groups is 1. The number of aromatic nitrogens is 2. The normalized spacial score (nSPS) is 18.3. The Kier molecular flexibility index (Phi) is 4.29. The number of rotatable bonds is 3. The predicted octanol–water partition coefficient (Wildman–Crippen LogP) is 1.84. The molecule has 1 N–H and O–H groups in total. The molecule has 1 aromatic carbocycles. The minimum absolute atomic E-state index is 0.0229. The molecular weight excluding hydrogens is 298 g/mol. The summed E-state index contributed by atoms with van der Waals surface area (Å²) in [5.41, 5.74) is 0.963. The summed E-state index contributed by atoms with van der Waals surface area (Å²) in [6.45, 7) is 2.35. The monoisotopic (exact) mass is 315 g/mol. The summed E-state index contributed by atoms with van der Waals surface area (Å²) < 4.78 is 1.57. The van der Waals surface area contributed by atoms with Gasteiger partial charge in [0.2, 0.25) is 5.91 Å². The lowest BCUT2D eigenvalue weighted by Crippen LogP contribution is -2.40. The summed E-state index contributed by atoms with van der Waals surface area (Å²) in [5.74, 6) is 0.403. The zero-order valence-electron chi connectivity index (χ0n) is 12.2. The van der Waals surface area contributed by atoms with Crippen LogP contribution in [0.25, 0.3) is 0 Å². The highest BCUT2D eigenvalue weighted by Gasteiger charge is 2.27. The van der Waals surface area contributed by atoms with E-state index in [0.717, 1.165) is 5.56 Å². The van der Waals surface area contributed by atoms with E-state index in [0.29, 0.717) is 17.5 Å². The van der Waals surface area contributed by atoms with E-state index in [9.17, 15) is 9.59 Å². The van der Waals surface area contributed by atoms with E-state index in [1.807, 2.05) is 37.3 Å².